The third-order valence-corrected chi connectivity index (χ3v) is 3.31. The Bertz CT molecular complexity index is 597. The molecule has 0 aliphatic heterocycles. The number of aromatic nitrogens is 1. The first-order valence-corrected chi connectivity index (χ1v) is 9.07. The largest absolute Gasteiger partial charge is 0.541 e. The molecule has 2 aromatic rings. The SMILES string of the molecule is Cc1ccnc(CC=Nc2ccccc2O[Si](C)C)c1. The lowest BCUT2D eigenvalue weighted by Crippen LogP contribution is -2.11. The highest BCUT2D eigenvalue weighted by Gasteiger charge is 2.04. The molecule has 0 N–H and O–H groups in total. The predicted molar refractivity (Wildman–Crippen MR) is 85.4 cm³/mol. The van der Waals surface area contributed by atoms with E-state index in [1.807, 2.05) is 42.7 Å². The molecule has 0 atom stereocenters. The first kappa shape index (κ1) is 14.5. The van der Waals surface area contributed by atoms with Crippen LogP contribution >= 0.6 is 0 Å². The summed E-state index contributed by atoms with van der Waals surface area (Å²) >= 11 is 0. The second kappa shape index (κ2) is 7.00. The molecule has 1 heterocycles. The summed E-state index contributed by atoms with van der Waals surface area (Å²) in [4.78, 5) is 8.83. The lowest BCUT2D eigenvalue weighted by molar-refractivity contribution is 0.582. The molecule has 0 unspecified atom stereocenters. The monoisotopic (exact) mass is 283 g/mol. The quantitative estimate of drug-likeness (QED) is 0.615. The molecule has 20 heavy (non-hydrogen) atoms. The smallest absolute Gasteiger partial charge is 0.274 e. The van der Waals surface area contributed by atoms with Crippen molar-refractivity contribution in [2.24, 2.45) is 4.99 Å². The van der Waals surface area contributed by atoms with E-state index in [1.54, 1.807) is 0 Å². The van der Waals surface area contributed by atoms with E-state index in [0.717, 1.165) is 23.6 Å². The maximum absolute atomic E-state index is 5.84. The van der Waals surface area contributed by atoms with Crippen LogP contribution in [0.5, 0.6) is 5.75 Å². The van der Waals surface area contributed by atoms with Crippen molar-refractivity contribution in [3.8, 4) is 5.75 Å². The molecule has 1 aromatic carbocycles. The van der Waals surface area contributed by atoms with Crippen LogP contribution in [0, 0.1) is 6.92 Å². The number of aliphatic imine (C=N–C) groups is 1. The van der Waals surface area contributed by atoms with Crippen LogP contribution in [-0.2, 0) is 6.42 Å². The molecule has 0 fully saturated rings. The van der Waals surface area contributed by atoms with Crippen LogP contribution in [0.3, 0.4) is 0 Å². The Kier molecular flexibility index (Phi) is 5.07. The molecule has 0 aliphatic carbocycles. The van der Waals surface area contributed by atoms with Gasteiger partial charge in [0.1, 0.15) is 11.4 Å². The number of para-hydroxylation sites is 2. The zero-order chi connectivity index (χ0) is 14.4. The van der Waals surface area contributed by atoms with Gasteiger partial charge in [0, 0.05) is 24.5 Å². The summed E-state index contributed by atoms with van der Waals surface area (Å²) < 4.78 is 5.84. The summed E-state index contributed by atoms with van der Waals surface area (Å²) in [6.07, 6.45) is 4.45. The predicted octanol–water partition coefficient (Wildman–Crippen LogP) is 3.96. The lowest BCUT2D eigenvalue weighted by atomic mass is 10.2. The van der Waals surface area contributed by atoms with Crippen LogP contribution in [0.4, 0.5) is 5.69 Å². The van der Waals surface area contributed by atoms with E-state index in [-0.39, 0.29) is 0 Å². The van der Waals surface area contributed by atoms with Crippen LogP contribution in [0.1, 0.15) is 11.3 Å². The van der Waals surface area contributed by atoms with E-state index in [1.165, 1.54) is 5.56 Å². The number of pyridine rings is 1. The Hall–Kier alpha value is -1.94. The molecule has 0 saturated heterocycles. The van der Waals surface area contributed by atoms with Gasteiger partial charge in [0.2, 0.25) is 0 Å². The maximum Gasteiger partial charge on any atom is 0.274 e. The molecule has 3 nitrogen and oxygen atoms in total. The van der Waals surface area contributed by atoms with Gasteiger partial charge in [-0.15, -0.1) is 0 Å². The minimum Gasteiger partial charge on any atom is -0.541 e. The third kappa shape index (κ3) is 4.31. The number of benzene rings is 1. The summed E-state index contributed by atoms with van der Waals surface area (Å²) in [5.41, 5.74) is 3.13. The molecule has 1 aromatic heterocycles. The fraction of sp³-hybridized carbons (Fsp3) is 0.250. The number of rotatable bonds is 5. The van der Waals surface area contributed by atoms with Gasteiger partial charge in [0.25, 0.3) is 9.04 Å². The maximum atomic E-state index is 5.84. The first-order valence-electron chi connectivity index (χ1n) is 6.66. The summed E-state index contributed by atoms with van der Waals surface area (Å²) in [6.45, 7) is 6.29. The van der Waals surface area contributed by atoms with E-state index < -0.39 is 9.04 Å². The Morgan fingerprint density at radius 1 is 1.25 bits per heavy atom. The van der Waals surface area contributed by atoms with Gasteiger partial charge in [-0.05, 0) is 49.8 Å². The van der Waals surface area contributed by atoms with Gasteiger partial charge in [-0.25, -0.2) is 0 Å². The Morgan fingerprint density at radius 2 is 2.05 bits per heavy atom. The van der Waals surface area contributed by atoms with E-state index in [4.69, 9.17) is 4.43 Å². The Morgan fingerprint density at radius 3 is 2.80 bits per heavy atom. The van der Waals surface area contributed by atoms with Crippen LogP contribution in [0.2, 0.25) is 13.1 Å². The highest BCUT2D eigenvalue weighted by molar-refractivity contribution is 6.49. The number of nitrogens with zero attached hydrogens (tertiary/aromatic N) is 2. The molecule has 103 valence electrons. The van der Waals surface area contributed by atoms with Crippen LogP contribution < -0.4 is 4.43 Å². The molecular weight excluding hydrogens is 264 g/mol. The van der Waals surface area contributed by atoms with Crippen LogP contribution in [0.15, 0.2) is 47.6 Å². The fourth-order valence-corrected chi connectivity index (χ4v) is 2.43. The van der Waals surface area contributed by atoms with Gasteiger partial charge in [-0.2, -0.15) is 0 Å². The zero-order valence-electron chi connectivity index (χ0n) is 12.1. The lowest BCUT2D eigenvalue weighted by Gasteiger charge is -2.10. The number of hydrogen-bond donors (Lipinski definition) is 0. The number of aryl methyl sites for hydroxylation is 1. The molecule has 0 bridgehead atoms. The third-order valence-electron chi connectivity index (χ3n) is 2.68. The average molecular weight is 283 g/mol. The normalized spacial score (nSPS) is 11.2. The van der Waals surface area contributed by atoms with Crippen molar-refractivity contribution in [1.82, 2.24) is 4.98 Å². The van der Waals surface area contributed by atoms with Crippen LogP contribution in [-0.4, -0.2) is 20.2 Å². The summed E-state index contributed by atoms with van der Waals surface area (Å²) in [5.74, 6) is 0.861. The van der Waals surface area contributed by atoms with E-state index in [9.17, 15) is 0 Å². The topological polar surface area (TPSA) is 34.5 Å². The average Bonchev–Trinajstić information content (AvgIpc) is 2.40. The van der Waals surface area contributed by atoms with Crippen LogP contribution in [0.25, 0.3) is 0 Å². The second-order valence-electron chi connectivity index (χ2n) is 4.82. The molecule has 2 rings (SSSR count). The molecule has 0 saturated carbocycles. The summed E-state index contributed by atoms with van der Waals surface area (Å²) in [5, 5.41) is 0. The minimum absolute atomic E-state index is 0.728. The molecule has 1 radical (unpaired) electrons. The van der Waals surface area contributed by atoms with Gasteiger partial charge in [-0.3, -0.25) is 9.98 Å². The van der Waals surface area contributed by atoms with Gasteiger partial charge in [-0.1, -0.05) is 12.1 Å². The van der Waals surface area contributed by atoms with Crippen molar-refractivity contribution in [3.63, 3.8) is 0 Å². The molecule has 0 spiro atoms. The van der Waals surface area contributed by atoms with Crippen molar-refractivity contribution < 1.29 is 4.43 Å². The Balaban J connectivity index is 2.08. The minimum atomic E-state index is -0.777. The van der Waals surface area contributed by atoms with Gasteiger partial charge in [0.15, 0.2) is 0 Å². The fourth-order valence-electron chi connectivity index (χ4n) is 1.82. The Labute approximate surface area is 122 Å². The highest BCUT2D eigenvalue weighted by atomic mass is 28.3. The number of hydrogen-bond acceptors (Lipinski definition) is 3. The zero-order valence-corrected chi connectivity index (χ0v) is 13.1. The van der Waals surface area contributed by atoms with Gasteiger partial charge in [0.05, 0.1) is 0 Å². The van der Waals surface area contributed by atoms with E-state index in [0.29, 0.717) is 0 Å². The van der Waals surface area contributed by atoms with E-state index in [2.05, 4.69) is 36.1 Å². The first-order chi connectivity index (χ1) is 9.65. The summed E-state index contributed by atoms with van der Waals surface area (Å²) in [6, 6.07) is 12.0. The molecule has 4 heteroatoms. The van der Waals surface area contributed by atoms with Gasteiger partial charge >= 0.3 is 0 Å². The summed E-state index contributed by atoms with van der Waals surface area (Å²) in [7, 11) is -0.777. The second-order valence-corrected chi connectivity index (χ2v) is 6.84. The van der Waals surface area contributed by atoms with Crippen molar-refractivity contribution in [1.29, 1.82) is 0 Å². The van der Waals surface area contributed by atoms with Crippen molar-refractivity contribution >= 4 is 20.9 Å². The van der Waals surface area contributed by atoms with Crippen molar-refractivity contribution in [2.75, 3.05) is 0 Å². The van der Waals surface area contributed by atoms with E-state index >= 15 is 0 Å². The van der Waals surface area contributed by atoms with Crippen molar-refractivity contribution in [2.45, 2.75) is 26.4 Å². The highest BCUT2D eigenvalue weighted by Crippen LogP contribution is 2.27. The van der Waals surface area contributed by atoms with Gasteiger partial charge < -0.3 is 4.43 Å². The molecular formula is C16H19N2OSi. The standard InChI is InChI=1S/C16H19N2OSi/c1-13-8-10-17-14(12-13)9-11-18-15-6-4-5-7-16(15)19-20(2)3/h4-8,10-12H,9H2,1-3H3. The molecule has 0 aliphatic rings. The van der Waals surface area contributed by atoms with Crippen molar-refractivity contribution in [3.05, 3.63) is 53.9 Å². The molecule has 0 amide bonds.